The van der Waals surface area contributed by atoms with Gasteiger partial charge in [-0.1, -0.05) is 25.2 Å². The molecule has 2 heterocycles. The lowest BCUT2D eigenvalue weighted by Crippen LogP contribution is -2.44. The molecule has 0 radical (unpaired) electrons. The molecule has 2 N–H and O–H groups in total. The fraction of sp³-hybridized carbons (Fsp3) is 0.581. The molecular weight excluding hydrogens is 568 g/mol. The quantitative estimate of drug-likeness (QED) is 0.201. The van der Waals surface area contributed by atoms with Gasteiger partial charge in [0.05, 0.1) is 24.9 Å². The number of ether oxygens (including phenoxy) is 1. The second-order valence-corrected chi connectivity index (χ2v) is 11.6. The number of carboxylic acid groups (broad SMARTS) is 1. The van der Waals surface area contributed by atoms with Crippen molar-refractivity contribution in [2.45, 2.75) is 96.1 Å². The molecule has 1 aromatic rings. The number of carbonyl (C=O) groups excluding carboxylic acids is 1. The van der Waals surface area contributed by atoms with Gasteiger partial charge in [-0.05, 0) is 70.4 Å². The second kappa shape index (κ2) is 13.9. The van der Waals surface area contributed by atoms with Crippen LogP contribution >= 0.6 is 0 Å². The van der Waals surface area contributed by atoms with E-state index in [2.05, 4.69) is 28.4 Å². The molecular formula is C31H40F4N4O4. The highest BCUT2D eigenvalue weighted by Gasteiger charge is 2.39. The highest BCUT2D eigenvalue weighted by atomic mass is 19.4. The summed E-state index contributed by atoms with van der Waals surface area (Å²) >= 11 is 0. The molecule has 1 amide bonds. The van der Waals surface area contributed by atoms with E-state index in [4.69, 9.17) is 4.74 Å². The third kappa shape index (κ3) is 8.36. The average molecular weight is 609 g/mol. The van der Waals surface area contributed by atoms with Crippen molar-refractivity contribution in [3.05, 3.63) is 65.2 Å². The molecule has 4 rings (SSSR count). The van der Waals surface area contributed by atoms with Crippen LogP contribution in [0.1, 0.15) is 76.7 Å². The Hall–Kier alpha value is -3.41. The summed E-state index contributed by atoms with van der Waals surface area (Å²) in [6.07, 6.45) is 5.47. The normalized spacial score (nSPS) is 21.7. The Morgan fingerprint density at radius 3 is 2.56 bits per heavy atom. The summed E-state index contributed by atoms with van der Waals surface area (Å²) in [4.78, 5) is 34.7. The Labute approximate surface area is 249 Å². The molecule has 3 aliphatic rings. The topological polar surface area (TPSA) is 98.8 Å². The third-order valence-electron chi connectivity index (χ3n) is 8.27. The number of aliphatic carboxylic acids is 1. The smallest absolute Gasteiger partial charge is 0.432 e. The molecule has 12 heteroatoms. The van der Waals surface area contributed by atoms with E-state index in [1.165, 1.54) is 12.2 Å². The summed E-state index contributed by atoms with van der Waals surface area (Å²) in [5.74, 6) is -2.10. The molecule has 0 spiro atoms. The van der Waals surface area contributed by atoms with Crippen molar-refractivity contribution in [1.29, 1.82) is 0 Å². The number of allylic oxidation sites excluding steroid dienone is 3. The maximum atomic E-state index is 14.2. The van der Waals surface area contributed by atoms with Crippen LogP contribution in [-0.4, -0.2) is 68.1 Å². The second-order valence-electron chi connectivity index (χ2n) is 11.6. The van der Waals surface area contributed by atoms with Crippen molar-refractivity contribution < 1.29 is 37.0 Å². The van der Waals surface area contributed by atoms with Crippen LogP contribution in [-0.2, 0) is 27.0 Å². The zero-order valence-electron chi connectivity index (χ0n) is 24.6. The van der Waals surface area contributed by atoms with E-state index in [1.807, 2.05) is 13.0 Å². The highest BCUT2D eigenvalue weighted by molar-refractivity contribution is 5.91. The van der Waals surface area contributed by atoms with Gasteiger partial charge in [0.1, 0.15) is 23.4 Å². The summed E-state index contributed by atoms with van der Waals surface area (Å²) in [5, 5.41) is 9.45. The molecule has 2 aliphatic carbocycles. The lowest BCUT2D eigenvalue weighted by molar-refractivity contribution is -0.149. The van der Waals surface area contributed by atoms with Gasteiger partial charge in [-0.3, -0.25) is 4.79 Å². The monoisotopic (exact) mass is 608 g/mol. The van der Waals surface area contributed by atoms with Gasteiger partial charge in [0.15, 0.2) is 0 Å². The van der Waals surface area contributed by atoms with Crippen LogP contribution in [0.2, 0.25) is 0 Å². The Balaban J connectivity index is 1.29. The van der Waals surface area contributed by atoms with Gasteiger partial charge in [-0.25, -0.2) is 14.2 Å². The number of imidazole rings is 1. The minimum absolute atomic E-state index is 0.0203. The van der Waals surface area contributed by atoms with Crippen LogP contribution in [0, 0.1) is 5.92 Å². The third-order valence-corrected chi connectivity index (χ3v) is 8.27. The molecule has 1 saturated heterocycles. The first-order chi connectivity index (χ1) is 20.4. The summed E-state index contributed by atoms with van der Waals surface area (Å²) in [5.41, 5.74) is 0.410. The number of halogens is 4. The lowest BCUT2D eigenvalue weighted by atomic mass is 9.88. The van der Waals surface area contributed by atoms with Crippen LogP contribution in [0.3, 0.4) is 0 Å². The van der Waals surface area contributed by atoms with Gasteiger partial charge >= 0.3 is 12.1 Å². The SMILES string of the molecule is C=C(CCC(C)N(CCC)C1=CCC=C(F)C(C(=O)O)=C1)[C@@H]1CC[C@H](C(=O)N(Cc2ncc(C(F)(F)F)[nH]2)C2CC2)OC1. The maximum Gasteiger partial charge on any atom is 0.432 e. The minimum Gasteiger partial charge on any atom is -0.478 e. The zero-order chi connectivity index (χ0) is 31.3. The first kappa shape index (κ1) is 32.5. The van der Waals surface area contributed by atoms with Crippen molar-refractivity contribution >= 4 is 11.9 Å². The van der Waals surface area contributed by atoms with Gasteiger partial charge in [0, 0.05) is 30.2 Å². The van der Waals surface area contributed by atoms with E-state index in [1.54, 1.807) is 4.90 Å². The molecule has 1 aliphatic heterocycles. The number of nitrogens with one attached hydrogen (secondary N) is 1. The molecule has 2 fully saturated rings. The number of hydrogen-bond donors (Lipinski definition) is 2. The zero-order valence-corrected chi connectivity index (χ0v) is 24.6. The van der Waals surface area contributed by atoms with Gasteiger partial charge in [0.2, 0.25) is 0 Å². The van der Waals surface area contributed by atoms with Crippen molar-refractivity contribution in [2.75, 3.05) is 13.2 Å². The molecule has 43 heavy (non-hydrogen) atoms. The number of rotatable bonds is 13. The summed E-state index contributed by atoms with van der Waals surface area (Å²) in [7, 11) is 0. The van der Waals surface area contributed by atoms with Crippen LogP contribution in [0.5, 0.6) is 0 Å². The number of aromatic nitrogens is 2. The number of amides is 1. The van der Waals surface area contributed by atoms with Crippen molar-refractivity contribution in [3.8, 4) is 0 Å². The molecule has 8 nitrogen and oxygen atoms in total. The molecule has 0 aromatic carbocycles. The van der Waals surface area contributed by atoms with Crippen LogP contribution in [0.4, 0.5) is 17.6 Å². The number of hydrogen-bond acceptors (Lipinski definition) is 5. The number of carboxylic acids is 1. The summed E-state index contributed by atoms with van der Waals surface area (Å²) in [6, 6.07) is 0.0221. The van der Waals surface area contributed by atoms with E-state index >= 15 is 0 Å². The largest absolute Gasteiger partial charge is 0.478 e. The van der Waals surface area contributed by atoms with E-state index < -0.39 is 29.8 Å². The number of aromatic amines is 1. The van der Waals surface area contributed by atoms with Gasteiger partial charge in [-0.2, -0.15) is 13.2 Å². The van der Waals surface area contributed by atoms with E-state index in [-0.39, 0.29) is 41.9 Å². The Bertz CT molecular complexity index is 1270. The lowest BCUT2D eigenvalue weighted by Gasteiger charge is -2.35. The maximum absolute atomic E-state index is 14.2. The van der Waals surface area contributed by atoms with Crippen LogP contribution in [0.15, 0.2) is 53.7 Å². The molecule has 1 unspecified atom stereocenters. The Morgan fingerprint density at radius 1 is 1.23 bits per heavy atom. The predicted molar refractivity (Wildman–Crippen MR) is 152 cm³/mol. The minimum atomic E-state index is -4.53. The molecule has 236 valence electrons. The number of carbonyl (C=O) groups is 2. The van der Waals surface area contributed by atoms with E-state index in [9.17, 15) is 32.3 Å². The predicted octanol–water partition coefficient (Wildman–Crippen LogP) is 6.30. The molecule has 1 saturated carbocycles. The standard InChI is InChI=1S/C31H40F4N4O4/c1-4-14-38(23-6-5-7-25(32)24(15-23)30(41)42)20(3)9-8-19(2)21-10-13-26(43-18-21)29(40)39(22-11-12-22)17-28-36-16-27(37-28)31(33,34)35/h6-7,15-16,20-22,26H,2,4-5,8-14,17-18H2,1,3H3,(H,36,37)(H,41,42)/t20?,21-,26-/m1/s1. The molecule has 0 bridgehead atoms. The van der Waals surface area contributed by atoms with Crippen LogP contribution in [0.25, 0.3) is 0 Å². The molecule has 3 atom stereocenters. The van der Waals surface area contributed by atoms with Gasteiger partial charge in [0.25, 0.3) is 5.91 Å². The van der Waals surface area contributed by atoms with Crippen molar-refractivity contribution in [2.24, 2.45) is 5.92 Å². The number of nitrogens with zero attached hydrogens (tertiary/aromatic N) is 3. The fourth-order valence-corrected chi connectivity index (χ4v) is 5.61. The summed E-state index contributed by atoms with van der Waals surface area (Å²) in [6.45, 7) is 9.38. The van der Waals surface area contributed by atoms with E-state index in [0.717, 1.165) is 37.5 Å². The first-order valence-corrected chi connectivity index (χ1v) is 14.9. The van der Waals surface area contributed by atoms with Gasteiger partial charge < -0.3 is 24.6 Å². The van der Waals surface area contributed by atoms with Crippen molar-refractivity contribution in [1.82, 2.24) is 19.8 Å². The first-order valence-electron chi connectivity index (χ1n) is 14.9. The number of alkyl halides is 3. The summed E-state index contributed by atoms with van der Waals surface area (Å²) < 4.78 is 59.1. The Morgan fingerprint density at radius 2 is 1.98 bits per heavy atom. The number of H-pyrrole nitrogens is 1. The average Bonchev–Trinajstić information content (AvgIpc) is 3.73. The highest BCUT2D eigenvalue weighted by Crippen LogP contribution is 2.34. The van der Waals surface area contributed by atoms with Crippen molar-refractivity contribution in [3.63, 3.8) is 0 Å². The van der Waals surface area contributed by atoms with E-state index in [0.29, 0.717) is 44.5 Å². The molecule has 1 aromatic heterocycles. The van der Waals surface area contributed by atoms with Crippen LogP contribution < -0.4 is 0 Å². The Kier molecular flexibility index (Phi) is 10.5. The van der Waals surface area contributed by atoms with Gasteiger partial charge in [-0.15, -0.1) is 0 Å². The fourth-order valence-electron chi connectivity index (χ4n) is 5.61.